The number of hydrogen-bond acceptors (Lipinski definition) is 5. The number of rotatable bonds is 5. The van der Waals surface area contributed by atoms with E-state index in [0.29, 0.717) is 28.0 Å². The summed E-state index contributed by atoms with van der Waals surface area (Å²) in [6.07, 6.45) is -0.0375. The summed E-state index contributed by atoms with van der Waals surface area (Å²) in [6.45, 7) is 0. The zero-order valence-corrected chi connectivity index (χ0v) is 17.1. The number of anilines is 2. The molecule has 1 aliphatic rings. The molecule has 1 aromatic heterocycles. The zero-order chi connectivity index (χ0) is 21.3. The van der Waals surface area contributed by atoms with Crippen molar-refractivity contribution in [2.45, 2.75) is 12.5 Å². The first kappa shape index (κ1) is 19.8. The van der Waals surface area contributed by atoms with Gasteiger partial charge < -0.3 is 20.1 Å². The van der Waals surface area contributed by atoms with Gasteiger partial charge in [0, 0.05) is 17.7 Å². The van der Waals surface area contributed by atoms with Crippen molar-refractivity contribution < 1.29 is 19.1 Å². The van der Waals surface area contributed by atoms with Crippen LogP contribution in [0.1, 0.15) is 12.5 Å². The van der Waals surface area contributed by atoms with Crippen LogP contribution in [0.15, 0.2) is 48.5 Å². The molecule has 0 radical (unpaired) electrons. The van der Waals surface area contributed by atoms with Crippen LogP contribution < -0.4 is 20.1 Å². The number of hydrogen-bond donors (Lipinski definition) is 2. The molecule has 154 valence electrons. The number of methoxy groups -OCH3 is 2. The first-order valence-corrected chi connectivity index (χ1v) is 9.54. The van der Waals surface area contributed by atoms with Crippen LogP contribution in [0.5, 0.6) is 11.5 Å². The summed E-state index contributed by atoms with van der Waals surface area (Å²) in [5.74, 6) is 1.07. The molecule has 1 atom stereocenters. The Morgan fingerprint density at radius 3 is 2.53 bits per heavy atom. The Morgan fingerprint density at radius 2 is 1.83 bits per heavy atom. The molecule has 8 nitrogen and oxygen atoms in total. The van der Waals surface area contributed by atoms with Crippen molar-refractivity contribution in [1.82, 2.24) is 9.78 Å². The minimum Gasteiger partial charge on any atom is -0.497 e. The fraction of sp³-hybridized carbons (Fsp3) is 0.190. The van der Waals surface area contributed by atoms with Crippen molar-refractivity contribution in [3.05, 3.63) is 53.6 Å². The van der Waals surface area contributed by atoms with Crippen molar-refractivity contribution in [2.24, 2.45) is 0 Å². The van der Waals surface area contributed by atoms with Gasteiger partial charge in [0.2, 0.25) is 11.8 Å². The minimum absolute atomic E-state index is 0.0375. The molecule has 2 N–H and O–H groups in total. The Hall–Kier alpha value is -3.52. The van der Waals surface area contributed by atoms with Gasteiger partial charge in [-0.15, -0.1) is 0 Å². The monoisotopic (exact) mass is 426 g/mol. The van der Waals surface area contributed by atoms with Gasteiger partial charge in [0.05, 0.1) is 37.0 Å². The van der Waals surface area contributed by atoms with Crippen LogP contribution in [0.4, 0.5) is 11.5 Å². The molecule has 0 unspecified atom stereocenters. The molecule has 4 rings (SSSR count). The fourth-order valence-electron chi connectivity index (χ4n) is 3.23. The summed E-state index contributed by atoms with van der Waals surface area (Å²) in [5.41, 5.74) is 1.87. The number of nitrogens with one attached hydrogen (secondary N) is 2. The normalized spacial score (nSPS) is 15.2. The second-order valence-corrected chi connectivity index (χ2v) is 7.10. The molecular weight excluding hydrogens is 408 g/mol. The maximum atomic E-state index is 13.0. The minimum atomic E-state index is -0.817. The van der Waals surface area contributed by atoms with Crippen molar-refractivity contribution in [2.75, 3.05) is 24.9 Å². The van der Waals surface area contributed by atoms with Gasteiger partial charge in [0.1, 0.15) is 23.4 Å². The van der Waals surface area contributed by atoms with Gasteiger partial charge in [0.25, 0.3) is 0 Å². The van der Waals surface area contributed by atoms with E-state index in [9.17, 15) is 9.59 Å². The molecule has 0 spiro atoms. The molecule has 0 saturated carbocycles. The summed E-state index contributed by atoms with van der Waals surface area (Å²) >= 11 is 6.19. The lowest BCUT2D eigenvalue weighted by atomic mass is 10.1. The second-order valence-electron chi connectivity index (χ2n) is 6.69. The van der Waals surface area contributed by atoms with Crippen LogP contribution in [0, 0.1) is 0 Å². The quantitative estimate of drug-likeness (QED) is 0.648. The Balaban J connectivity index is 1.63. The number of halogens is 1. The van der Waals surface area contributed by atoms with Gasteiger partial charge >= 0.3 is 0 Å². The predicted molar refractivity (Wildman–Crippen MR) is 113 cm³/mol. The Morgan fingerprint density at radius 1 is 1.13 bits per heavy atom. The van der Waals surface area contributed by atoms with Crippen LogP contribution in [0.25, 0.3) is 11.3 Å². The van der Waals surface area contributed by atoms with E-state index >= 15 is 0 Å². The lowest BCUT2D eigenvalue weighted by Crippen LogP contribution is -2.35. The van der Waals surface area contributed by atoms with Crippen LogP contribution in [0.3, 0.4) is 0 Å². The van der Waals surface area contributed by atoms with Crippen LogP contribution >= 0.6 is 11.6 Å². The van der Waals surface area contributed by atoms with E-state index in [1.54, 1.807) is 31.4 Å². The Bertz CT molecular complexity index is 1110. The molecular formula is C21H19ClN4O4. The van der Waals surface area contributed by atoms with Crippen molar-refractivity contribution >= 4 is 34.9 Å². The number of amides is 2. The number of carbonyl (C=O) groups excluding carboxylic acids is 2. The molecule has 0 saturated heterocycles. The molecule has 2 heterocycles. The van der Waals surface area contributed by atoms with E-state index in [2.05, 4.69) is 15.7 Å². The molecule has 30 heavy (non-hydrogen) atoms. The Kier molecular flexibility index (Phi) is 5.33. The molecule has 2 aromatic carbocycles. The maximum Gasteiger partial charge on any atom is 0.249 e. The highest BCUT2D eigenvalue weighted by molar-refractivity contribution is 6.33. The molecule has 0 aliphatic carbocycles. The first-order chi connectivity index (χ1) is 14.5. The average molecular weight is 427 g/mol. The summed E-state index contributed by atoms with van der Waals surface area (Å²) < 4.78 is 11.9. The molecule has 0 fully saturated rings. The van der Waals surface area contributed by atoms with E-state index in [1.807, 2.05) is 24.3 Å². The lowest BCUT2D eigenvalue weighted by Gasteiger charge is -2.24. The van der Waals surface area contributed by atoms with E-state index in [0.717, 1.165) is 11.3 Å². The molecule has 9 heteroatoms. The summed E-state index contributed by atoms with van der Waals surface area (Å²) in [6, 6.07) is 13.2. The van der Waals surface area contributed by atoms with Crippen molar-refractivity contribution in [3.8, 4) is 22.8 Å². The standard InChI is InChI=1S/C21H19ClN4O4/c1-29-13-5-3-12(4-6-13)16-10-19-24-20(27)11-18(26(19)25-16)21(28)23-17-9-14(30-2)7-8-15(17)22/h3-10,18H,11H2,1-2H3,(H,23,28)(H,24,27)/t18-/m1/s1. The smallest absolute Gasteiger partial charge is 0.249 e. The predicted octanol–water partition coefficient (Wildman–Crippen LogP) is 3.74. The largest absolute Gasteiger partial charge is 0.497 e. The number of benzene rings is 2. The van der Waals surface area contributed by atoms with Gasteiger partial charge in [-0.25, -0.2) is 4.68 Å². The number of fused-ring (bicyclic) bond motifs is 1. The lowest BCUT2D eigenvalue weighted by molar-refractivity contribution is -0.125. The third-order valence-electron chi connectivity index (χ3n) is 4.80. The highest BCUT2D eigenvalue weighted by atomic mass is 35.5. The van der Waals surface area contributed by atoms with Gasteiger partial charge in [-0.3, -0.25) is 9.59 Å². The highest BCUT2D eigenvalue weighted by Crippen LogP contribution is 2.32. The van der Waals surface area contributed by atoms with E-state index in [1.165, 1.54) is 11.8 Å². The summed E-state index contributed by atoms with van der Waals surface area (Å²) in [5, 5.41) is 10.5. The average Bonchev–Trinajstić information content (AvgIpc) is 3.18. The second kappa shape index (κ2) is 8.08. The third kappa shape index (κ3) is 3.81. The molecule has 2 amide bonds. The SMILES string of the molecule is COc1ccc(-c2cc3n(n2)[C@@H](C(=O)Nc2cc(OC)ccc2Cl)CC(=O)N3)cc1. The van der Waals surface area contributed by atoms with Crippen molar-refractivity contribution in [3.63, 3.8) is 0 Å². The van der Waals surface area contributed by atoms with E-state index in [-0.39, 0.29) is 12.3 Å². The molecule has 1 aliphatic heterocycles. The summed E-state index contributed by atoms with van der Waals surface area (Å²) in [7, 11) is 3.12. The topological polar surface area (TPSA) is 94.5 Å². The number of carbonyl (C=O) groups is 2. The number of ether oxygens (including phenoxy) is 2. The highest BCUT2D eigenvalue weighted by Gasteiger charge is 2.32. The first-order valence-electron chi connectivity index (χ1n) is 9.16. The van der Waals surface area contributed by atoms with Crippen LogP contribution in [-0.4, -0.2) is 35.8 Å². The van der Waals surface area contributed by atoms with Gasteiger partial charge in [0.15, 0.2) is 0 Å². The fourth-order valence-corrected chi connectivity index (χ4v) is 3.40. The van der Waals surface area contributed by atoms with Crippen LogP contribution in [-0.2, 0) is 9.59 Å². The van der Waals surface area contributed by atoms with E-state index in [4.69, 9.17) is 21.1 Å². The summed E-state index contributed by atoms with van der Waals surface area (Å²) in [4.78, 5) is 25.2. The molecule has 3 aromatic rings. The number of aromatic nitrogens is 2. The molecule has 0 bridgehead atoms. The van der Waals surface area contributed by atoms with Crippen LogP contribution in [0.2, 0.25) is 5.02 Å². The van der Waals surface area contributed by atoms with Gasteiger partial charge in [-0.05, 0) is 36.4 Å². The number of nitrogens with zero attached hydrogens (tertiary/aromatic N) is 2. The van der Waals surface area contributed by atoms with Gasteiger partial charge in [-0.2, -0.15) is 5.10 Å². The maximum absolute atomic E-state index is 13.0. The van der Waals surface area contributed by atoms with Gasteiger partial charge in [-0.1, -0.05) is 11.6 Å². The van der Waals surface area contributed by atoms with E-state index < -0.39 is 11.9 Å². The zero-order valence-electron chi connectivity index (χ0n) is 16.3. The van der Waals surface area contributed by atoms with Crippen molar-refractivity contribution in [1.29, 1.82) is 0 Å². The Labute approximate surface area is 177 Å². The third-order valence-corrected chi connectivity index (χ3v) is 5.13.